The van der Waals surface area contributed by atoms with E-state index in [0.29, 0.717) is 17.3 Å². The van der Waals surface area contributed by atoms with Crippen LogP contribution in [0.4, 0.5) is 10.1 Å². The van der Waals surface area contributed by atoms with E-state index in [-0.39, 0.29) is 10.6 Å². The zero-order valence-electron chi connectivity index (χ0n) is 11.6. The lowest BCUT2D eigenvalue weighted by Crippen LogP contribution is -1.93. The normalized spacial score (nSPS) is 11.6. The molecule has 4 aromatic rings. The lowest BCUT2D eigenvalue weighted by atomic mass is 10.2. The van der Waals surface area contributed by atoms with Gasteiger partial charge < -0.3 is 10.3 Å². The molecule has 0 radical (unpaired) electrons. The Labute approximate surface area is 129 Å². The summed E-state index contributed by atoms with van der Waals surface area (Å²) in [6, 6.07) is 10.0. The van der Waals surface area contributed by atoms with Gasteiger partial charge >= 0.3 is 0 Å². The van der Waals surface area contributed by atoms with Gasteiger partial charge in [0.15, 0.2) is 5.82 Å². The van der Waals surface area contributed by atoms with Crippen LogP contribution in [0.15, 0.2) is 36.4 Å². The van der Waals surface area contributed by atoms with Crippen molar-refractivity contribution in [2.75, 3.05) is 5.73 Å². The number of rotatable bonds is 1. The number of benzene rings is 2. The summed E-state index contributed by atoms with van der Waals surface area (Å²) in [6.45, 7) is 0. The molecule has 4 rings (SSSR count). The largest absolute Gasteiger partial charge is 0.399 e. The summed E-state index contributed by atoms with van der Waals surface area (Å²) >= 11 is 6.16. The van der Waals surface area contributed by atoms with Crippen molar-refractivity contribution in [2.24, 2.45) is 7.05 Å². The fourth-order valence-corrected chi connectivity index (χ4v) is 2.95. The Morgan fingerprint density at radius 1 is 1.14 bits per heavy atom. The van der Waals surface area contributed by atoms with E-state index < -0.39 is 5.82 Å². The molecule has 2 aromatic heterocycles. The SMILES string of the molecule is Cn1c2ccc(N)cc2n2c(-c3c(F)cccc3Cl)nnc12. The minimum absolute atomic E-state index is 0.228. The van der Waals surface area contributed by atoms with Crippen LogP contribution >= 0.6 is 11.6 Å². The molecule has 0 spiro atoms. The summed E-state index contributed by atoms with van der Waals surface area (Å²) in [5, 5.41) is 8.56. The first-order valence-electron chi connectivity index (χ1n) is 6.61. The Morgan fingerprint density at radius 2 is 1.95 bits per heavy atom. The molecular weight excluding hydrogens is 305 g/mol. The van der Waals surface area contributed by atoms with E-state index in [1.54, 1.807) is 16.5 Å². The number of aryl methyl sites for hydroxylation is 1. The molecule has 0 aliphatic rings. The Kier molecular flexibility index (Phi) is 2.65. The summed E-state index contributed by atoms with van der Waals surface area (Å²) in [4.78, 5) is 0. The van der Waals surface area contributed by atoms with E-state index in [0.717, 1.165) is 11.0 Å². The molecule has 0 amide bonds. The Hall–Kier alpha value is -2.60. The molecule has 0 unspecified atom stereocenters. The first-order valence-corrected chi connectivity index (χ1v) is 6.99. The number of nitrogens with two attached hydrogens (primary N) is 1. The van der Waals surface area contributed by atoms with E-state index in [9.17, 15) is 4.39 Å². The third kappa shape index (κ3) is 1.64. The zero-order chi connectivity index (χ0) is 15.4. The van der Waals surface area contributed by atoms with Gasteiger partial charge in [0.2, 0.25) is 5.78 Å². The van der Waals surface area contributed by atoms with Gasteiger partial charge in [0.25, 0.3) is 0 Å². The molecule has 0 fully saturated rings. The Bertz CT molecular complexity index is 1010. The molecule has 110 valence electrons. The molecule has 5 nitrogen and oxygen atoms in total. The standard InChI is InChI=1S/C15H11ClFN5/c1-21-11-6-5-8(18)7-12(11)22-14(19-20-15(21)22)13-9(16)3-2-4-10(13)17/h2-7H,18H2,1H3. The van der Waals surface area contributed by atoms with Crippen molar-refractivity contribution in [3.05, 3.63) is 47.2 Å². The molecule has 22 heavy (non-hydrogen) atoms. The van der Waals surface area contributed by atoms with Crippen LogP contribution in [-0.4, -0.2) is 19.2 Å². The number of hydrogen-bond donors (Lipinski definition) is 1. The predicted octanol–water partition coefficient (Wildman–Crippen LogP) is 3.26. The maximum Gasteiger partial charge on any atom is 0.236 e. The van der Waals surface area contributed by atoms with Gasteiger partial charge in [-0.2, -0.15) is 0 Å². The third-order valence-electron chi connectivity index (χ3n) is 3.73. The van der Waals surface area contributed by atoms with E-state index in [1.807, 2.05) is 29.8 Å². The second-order valence-electron chi connectivity index (χ2n) is 5.06. The summed E-state index contributed by atoms with van der Waals surface area (Å²) in [5.41, 5.74) is 8.44. The van der Waals surface area contributed by atoms with Gasteiger partial charge in [-0.1, -0.05) is 17.7 Å². The highest BCUT2D eigenvalue weighted by molar-refractivity contribution is 6.33. The van der Waals surface area contributed by atoms with Crippen LogP contribution in [0.2, 0.25) is 5.02 Å². The van der Waals surface area contributed by atoms with Gasteiger partial charge in [0, 0.05) is 12.7 Å². The monoisotopic (exact) mass is 315 g/mol. The van der Waals surface area contributed by atoms with Gasteiger partial charge in [-0.05, 0) is 30.3 Å². The van der Waals surface area contributed by atoms with Crippen molar-refractivity contribution in [2.45, 2.75) is 0 Å². The lowest BCUT2D eigenvalue weighted by Gasteiger charge is -2.03. The number of aromatic nitrogens is 4. The van der Waals surface area contributed by atoms with E-state index in [2.05, 4.69) is 10.2 Å². The summed E-state index contributed by atoms with van der Waals surface area (Å²) < 4.78 is 17.9. The van der Waals surface area contributed by atoms with Crippen molar-refractivity contribution in [3.63, 3.8) is 0 Å². The number of nitrogen functional groups attached to an aromatic ring is 1. The second-order valence-corrected chi connectivity index (χ2v) is 5.47. The first-order chi connectivity index (χ1) is 10.6. The van der Waals surface area contributed by atoms with Gasteiger partial charge in [-0.3, -0.25) is 4.40 Å². The van der Waals surface area contributed by atoms with Crippen LogP contribution in [0.3, 0.4) is 0 Å². The molecule has 0 saturated carbocycles. The van der Waals surface area contributed by atoms with E-state index in [1.165, 1.54) is 6.07 Å². The molecule has 2 N–H and O–H groups in total. The van der Waals surface area contributed by atoms with E-state index in [4.69, 9.17) is 17.3 Å². The Morgan fingerprint density at radius 3 is 2.73 bits per heavy atom. The van der Waals surface area contributed by atoms with Gasteiger partial charge in [0.1, 0.15) is 5.82 Å². The number of hydrogen-bond acceptors (Lipinski definition) is 3. The molecule has 7 heteroatoms. The Balaban J connectivity index is 2.18. The summed E-state index contributed by atoms with van der Waals surface area (Å²) in [5.74, 6) is 0.506. The minimum atomic E-state index is -0.442. The van der Waals surface area contributed by atoms with Crippen LogP contribution in [0.1, 0.15) is 0 Å². The van der Waals surface area contributed by atoms with Crippen LogP contribution in [0.25, 0.3) is 28.2 Å². The number of nitrogens with zero attached hydrogens (tertiary/aromatic N) is 4. The average molecular weight is 316 g/mol. The molecule has 0 saturated heterocycles. The van der Waals surface area contributed by atoms with Crippen LogP contribution in [0, 0.1) is 5.82 Å². The molecule has 0 atom stereocenters. The van der Waals surface area contributed by atoms with Gasteiger partial charge in [-0.15, -0.1) is 10.2 Å². The molecule has 2 aromatic carbocycles. The quantitative estimate of drug-likeness (QED) is 0.548. The summed E-state index contributed by atoms with van der Waals surface area (Å²) in [6.07, 6.45) is 0. The molecule has 0 bridgehead atoms. The fraction of sp³-hybridized carbons (Fsp3) is 0.0667. The van der Waals surface area contributed by atoms with Crippen molar-refractivity contribution in [3.8, 4) is 11.4 Å². The maximum atomic E-state index is 14.2. The topological polar surface area (TPSA) is 61.1 Å². The van der Waals surface area contributed by atoms with Crippen LogP contribution in [-0.2, 0) is 7.05 Å². The number of anilines is 1. The third-order valence-corrected chi connectivity index (χ3v) is 4.05. The fourth-order valence-electron chi connectivity index (χ4n) is 2.70. The van der Waals surface area contributed by atoms with Crippen LogP contribution in [0.5, 0.6) is 0 Å². The average Bonchev–Trinajstić information content (AvgIpc) is 3.00. The minimum Gasteiger partial charge on any atom is -0.399 e. The molecule has 2 heterocycles. The van der Waals surface area contributed by atoms with Gasteiger partial charge in [-0.25, -0.2) is 4.39 Å². The number of halogens is 2. The molecule has 0 aliphatic heterocycles. The highest BCUT2D eigenvalue weighted by Gasteiger charge is 2.20. The highest BCUT2D eigenvalue weighted by atomic mass is 35.5. The number of imidazole rings is 1. The smallest absolute Gasteiger partial charge is 0.236 e. The first kappa shape index (κ1) is 13.1. The van der Waals surface area contributed by atoms with Crippen LogP contribution < -0.4 is 5.73 Å². The highest BCUT2D eigenvalue weighted by Crippen LogP contribution is 2.32. The number of fused-ring (bicyclic) bond motifs is 3. The zero-order valence-corrected chi connectivity index (χ0v) is 12.3. The maximum absolute atomic E-state index is 14.2. The second kappa shape index (κ2) is 4.45. The van der Waals surface area contributed by atoms with E-state index >= 15 is 0 Å². The predicted molar refractivity (Wildman–Crippen MR) is 84.3 cm³/mol. The molecular formula is C15H11ClFN5. The van der Waals surface area contributed by atoms with Gasteiger partial charge in [0.05, 0.1) is 21.6 Å². The van der Waals surface area contributed by atoms with Crippen molar-refractivity contribution < 1.29 is 4.39 Å². The lowest BCUT2D eigenvalue weighted by molar-refractivity contribution is 0.630. The van der Waals surface area contributed by atoms with Crippen molar-refractivity contribution in [1.29, 1.82) is 0 Å². The van der Waals surface area contributed by atoms with Crippen molar-refractivity contribution >= 4 is 34.1 Å². The van der Waals surface area contributed by atoms with Crippen molar-refractivity contribution in [1.82, 2.24) is 19.2 Å². The summed E-state index contributed by atoms with van der Waals surface area (Å²) in [7, 11) is 1.87. The molecule has 0 aliphatic carbocycles.